The molecule has 0 spiro atoms. The first kappa shape index (κ1) is 20.9. The third-order valence-corrected chi connectivity index (χ3v) is 4.29. The number of methoxy groups -OCH3 is 1. The molecule has 0 saturated heterocycles. The second-order valence-electron chi connectivity index (χ2n) is 5.87. The summed E-state index contributed by atoms with van der Waals surface area (Å²) in [5.74, 6) is 0.0112. The minimum Gasteiger partial charge on any atom is -0.496 e. The number of hydrogen-bond donors (Lipinski definition) is 2. The van der Waals surface area contributed by atoms with Crippen LogP contribution in [0.3, 0.4) is 0 Å². The van der Waals surface area contributed by atoms with Crippen molar-refractivity contribution in [2.45, 2.75) is 50.6 Å². The molecule has 2 rings (SSSR count). The van der Waals surface area contributed by atoms with Gasteiger partial charge in [-0.2, -0.15) is 0 Å². The highest BCUT2D eigenvalue weighted by molar-refractivity contribution is 5.85. The van der Waals surface area contributed by atoms with E-state index >= 15 is 0 Å². The molecule has 0 bridgehead atoms. The lowest BCUT2D eigenvalue weighted by molar-refractivity contribution is -0.274. The van der Waals surface area contributed by atoms with Crippen LogP contribution in [0.1, 0.15) is 43.7 Å². The normalized spacial score (nSPS) is 18.4. The van der Waals surface area contributed by atoms with E-state index in [9.17, 15) is 18.3 Å². The standard InChI is InChI=1S/C16H22F3NO3.ClH/c1-22-13-8-7-11(23-16(17,18)19)9-12(13)14(20)15(21)10-5-3-2-4-6-10;/h7-10,14-15,21H,2-6,20H2,1H3;1H/t14-,15+;/m0./s1. The molecule has 0 heterocycles. The van der Waals surface area contributed by atoms with Gasteiger partial charge in [-0.15, -0.1) is 25.6 Å². The summed E-state index contributed by atoms with van der Waals surface area (Å²) in [4.78, 5) is 0. The fourth-order valence-corrected chi connectivity index (χ4v) is 3.12. The molecule has 0 amide bonds. The first-order chi connectivity index (χ1) is 10.8. The SMILES string of the molecule is COc1ccc(OC(F)(F)F)cc1[C@H](N)[C@H](O)C1CCCCC1.Cl. The number of hydrogen-bond acceptors (Lipinski definition) is 4. The molecule has 1 saturated carbocycles. The number of aliphatic hydroxyl groups excluding tert-OH is 1. The Kier molecular flexibility index (Phi) is 7.63. The van der Waals surface area contributed by atoms with Crippen molar-refractivity contribution in [3.63, 3.8) is 0 Å². The van der Waals surface area contributed by atoms with Gasteiger partial charge in [-0.1, -0.05) is 19.3 Å². The van der Waals surface area contributed by atoms with Gasteiger partial charge in [-0.25, -0.2) is 0 Å². The minimum absolute atomic E-state index is 0. The van der Waals surface area contributed by atoms with Crippen molar-refractivity contribution in [2.75, 3.05) is 7.11 Å². The van der Waals surface area contributed by atoms with Crippen LogP contribution in [-0.4, -0.2) is 24.7 Å². The summed E-state index contributed by atoms with van der Waals surface area (Å²) in [7, 11) is 1.41. The number of alkyl halides is 3. The van der Waals surface area contributed by atoms with E-state index in [0.29, 0.717) is 11.3 Å². The Balaban J connectivity index is 0.00000288. The van der Waals surface area contributed by atoms with E-state index in [-0.39, 0.29) is 24.1 Å². The van der Waals surface area contributed by atoms with E-state index in [1.165, 1.54) is 19.2 Å². The van der Waals surface area contributed by atoms with Gasteiger partial charge in [0, 0.05) is 5.56 Å². The van der Waals surface area contributed by atoms with Crippen LogP contribution in [0.15, 0.2) is 18.2 Å². The molecule has 0 aliphatic heterocycles. The lowest BCUT2D eigenvalue weighted by Crippen LogP contribution is -2.34. The van der Waals surface area contributed by atoms with Gasteiger partial charge in [-0.3, -0.25) is 0 Å². The van der Waals surface area contributed by atoms with Crippen LogP contribution in [0.5, 0.6) is 11.5 Å². The summed E-state index contributed by atoms with van der Waals surface area (Å²) in [6, 6.07) is 2.88. The van der Waals surface area contributed by atoms with Crippen LogP contribution >= 0.6 is 12.4 Å². The topological polar surface area (TPSA) is 64.7 Å². The molecule has 2 atom stereocenters. The number of rotatable bonds is 5. The highest BCUT2D eigenvalue weighted by Gasteiger charge is 2.33. The molecule has 8 heteroatoms. The lowest BCUT2D eigenvalue weighted by Gasteiger charge is -2.31. The average Bonchev–Trinajstić information content (AvgIpc) is 2.52. The van der Waals surface area contributed by atoms with E-state index in [1.54, 1.807) is 0 Å². The predicted molar refractivity (Wildman–Crippen MR) is 86.4 cm³/mol. The van der Waals surface area contributed by atoms with E-state index in [4.69, 9.17) is 10.5 Å². The van der Waals surface area contributed by atoms with Crippen LogP contribution in [0.25, 0.3) is 0 Å². The van der Waals surface area contributed by atoms with Crippen molar-refractivity contribution in [1.29, 1.82) is 0 Å². The Morgan fingerprint density at radius 3 is 2.38 bits per heavy atom. The largest absolute Gasteiger partial charge is 0.573 e. The Bertz CT molecular complexity index is 522. The molecule has 3 N–H and O–H groups in total. The van der Waals surface area contributed by atoms with Gasteiger partial charge in [0.1, 0.15) is 11.5 Å². The fourth-order valence-electron chi connectivity index (χ4n) is 3.12. The van der Waals surface area contributed by atoms with Crippen LogP contribution < -0.4 is 15.2 Å². The molecule has 1 aliphatic rings. The Labute approximate surface area is 145 Å². The zero-order valence-corrected chi connectivity index (χ0v) is 14.2. The number of halogens is 4. The summed E-state index contributed by atoms with van der Waals surface area (Å²) >= 11 is 0. The molecule has 4 nitrogen and oxygen atoms in total. The highest BCUT2D eigenvalue weighted by Crippen LogP contribution is 2.36. The highest BCUT2D eigenvalue weighted by atomic mass is 35.5. The van der Waals surface area contributed by atoms with E-state index < -0.39 is 18.5 Å². The van der Waals surface area contributed by atoms with Gasteiger partial charge in [0.05, 0.1) is 19.3 Å². The Hall–Kier alpha value is -1.18. The van der Waals surface area contributed by atoms with Crippen molar-refractivity contribution in [1.82, 2.24) is 0 Å². The van der Waals surface area contributed by atoms with Crippen molar-refractivity contribution in [3.8, 4) is 11.5 Å². The van der Waals surface area contributed by atoms with Gasteiger partial charge < -0.3 is 20.3 Å². The lowest BCUT2D eigenvalue weighted by atomic mass is 9.81. The molecule has 0 radical (unpaired) electrons. The third kappa shape index (κ3) is 5.43. The second-order valence-corrected chi connectivity index (χ2v) is 5.87. The maximum absolute atomic E-state index is 12.4. The maximum atomic E-state index is 12.4. The van der Waals surface area contributed by atoms with Gasteiger partial charge in [0.2, 0.25) is 0 Å². The molecule has 24 heavy (non-hydrogen) atoms. The van der Waals surface area contributed by atoms with Crippen LogP contribution in [-0.2, 0) is 0 Å². The molecule has 0 aromatic heterocycles. The Morgan fingerprint density at radius 2 is 1.83 bits per heavy atom. The summed E-state index contributed by atoms with van der Waals surface area (Å²) < 4.78 is 46.2. The zero-order valence-electron chi connectivity index (χ0n) is 13.4. The molecule has 1 fully saturated rings. The number of nitrogens with two attached hydrogens (primary N) is 1. The molecule has 1 aliphatic carbocycles. The summed E-state index contributed by atoms with van der Waals surface area (Å²) in [6.07, 6.45) is -0.670. The molecular formula is C16H23ClF3NO3. The van der Waals surface area contributed by atoms with Gasteiger partial charge in [0.15, 0.2) is 0 Å². The van der Waals surface area contributed by atoms with Crippen LogP contribution in [0.4, 0.5) is 13.2 Å². The van der Waals surface area contributed by atoms with Gasteiger partial charge in [-0.05, 0) is 37.0 Å². The van der Waals surface area contributed by atoms with Crippen molar-refractivity contribution < 1.29 is 27.8 Å². The zero-order chi connectivity index (χ0) is 17.0. The fraction of sp³-hybridized carbons (Fsp3) is 0.625. The number of benzene rings is 1. The second kappa shape index (κ2) is 8.78. The average molecular weight is 370 g/mol. The first-order valence-corrected chi connectivity index (χ1v) is 7.69. The smallest absolute Gasteiger partial charge is 0.496 e. The molecule has 1 aromatic rings. The van der Waals surface area contributed by atoms with Gasteiger partial charge in [0.25, 0.3) is 0 Å². The van der Waals surface area contributed by atoms with Crippen LogP contribution in [0, 0.1) is 5.92 Å². The van der Waals surface area contributed by atoms with Crippen molar-refractivity contribution in [3.05, 3.63) is 23.8 Å². The predicted octanol–water partition coefficient (Wildman–Crippen LogP) is 3.96. The van der Waals surface area contributed by atoms with Crippen molar-refractivity contribution >= 4 is 12.4 Å². The molecule has 0 unspecified atom stereocenters. The molecule has 138 valence electrons. The quantitative estimate of drug-likeness (QED) is 0.824. The summed E-state index contributed by atoms with van der Waals surface area (Å²) in [6.45, 7) is 0. The Morgan fingerprint density at radius 1 is 1.21 bits per heavy atom. The van der Waals surface area contributed by atoms with Crippen LogP contribution in [0.2, 0.25) is 0 Å². The minimum atomic E-state index is -4.78. The first-order valence-electron chi connectivity index (χ1n) is 7.69. The number of aliphatic hydroxyl groups is 1. The molecular weight excluding hydrogens is 347 g/mol. The summed E-state index contributed by atoms with van der Waals surface area (Å²) in [5.41, 5.74) is 6.42. The monoisotopic (exact) mass is 369 g/mol. The van der Waals surface area contributed by atoms with E-state index in [2.05, 4.69) is 4.74 Å². The third-order valence-electron chi connectivity index (χ3n) is 4.29. The number of ether oxygens (including phenoxy) is 2. The maximum Gasteiger partial charge on any atom is 0.573 e. The van der Waals surface area contributed by atoms with E-state index in [0.717, 1.165) is 38.2 Å². The van der Waals surface area contributed by atoms with E-state index in [1.807, 2.05) is 0 Å². The molecule has 1 aromatic carbocycles. The van der Waals surface area contributed by atoms with Crippen molar-refractivity contribution in [2.24, 2.45) is 11.7 Å². The summed E-state index contributed by atoms with van der Waals surface area (Å²) in [5, 5.41) is 10.5. The van der Waals surface area contributed by atoms with Gasteiger partial charge >= 0.3 is 6.36 Å².